The van der Waals surface area contributed by atoms with E-state index in [0.717, 1.165) is 31.4 Å². The molecule has 2 aliphatic heterocycles. The van der Waals surface area contributed by atoms with Crippen LogP contribution >= 0.6 is 0 Å². The minimum absolute atomic E-state index is 0.0488. The molecule has 3 fully saturated rings. The number of likely N-dealkylation sites (tertiary alicyclic amines) is 1. The fourth-order valence-electron chi connectivity index (χ4n) is 4.03. The first-order valence-corrected chi connectivity index (χ1v) is 8.78. The van der Waals surface area contributed by atoms with E-state index in [1.54, 1.807) is 17.3 Å². The predicted octanol–water partition coefficient (Wildman–Crippen LogP) is 2.50. The molecule has 1 spiro atoms. The quantitative estimate of drug-likeness (QED) is 0.852. The van der Waals surface area contributed by atoms with Gasteiger partial charge in [0.2, 0.25) is 0 Å². The van der Waals surface area contributed by atoms with Crippen molar-refractivity contribution < 1.29 is 18.7 Å². The van der Waals surface area contributed by atoms with Crippen molar-refractivity contribution in [2.24, 2.45) is 0 Å². The summed E-state index contributed by atoms with van der Waals surface area (Å²) in [6.07, 6.45) is 7.34. The van der Waals surface area contributed by atoms with Gasteiger partial charge in [0.15, 0.2) is 5.67 Å². The van der Waals surface area contributed by atoms with Crippen molar-refractivity contribution >= 4 is 5.91 Å². The molecule has 2 unspecified atom stereocenters. The highest BCUT2D eigenvalue weighted by Crippen LogP contribution is 2.41. The first kappa shape index (κ1) is 15.8. The molecule has 6 heteroatoms. The zero-order chi connectivity index (χ0) is 16.6. The molecular weight excluding hydrogens is 311 g/mol. The Morgan fingerprint density at radius 2 is 2.25 bits per heavy atom. The Labute approximate surface area is 141 Å². The summed E-state index contributed by atoms with van der Waals surface area (Å²) in [6.45, 7) is 1.60. The largest absolute Gasteiger partial charge is 0.486 e. The number of carbonyl (C=O) groups is 1. The van der Waals surface area contributed by atoms with Crippen molar-refractivity contribution in [2.45, 2.75) is 55.9 Å². The number of nitrogens with zero attached hydrogens (tertiary/aromatic N) is 2. The first-order valence-electron chi connectivity index (χ1n) is 8.78. The monoisotopic (exact) mass is 334 g/mol. The number of carbonyl (C=O) groups excluding carboxylic acids is 1. The molecule has 5 nitrogen and oxygen atoms in total. The van der Waals surface area contributed by atoms with Crippen molar-refractivity contribution in [3.05, 3.63) is 24.5 Å². The number of aromatic nitrogens is 1. The van der Waals surface area contributed by atoms with Gasteiger partial charge in [0, 0.05) is 25.7 Å². The van der Waals surface area contributed by atoms with Crippen LogP contribution in [0.2, 0.25) is 0 Å². The van der Waals surface area contributed by atoms with Gasteiger partial charge in [-0.05, 0) is 44.2 Å². The van der Waals surface area contributed by atoms with Crippen LogP contribution in [-0.2, 0) is 9.53 Å². The fraction of sp³-hybridized carbons (Fsp3) is 0.667. The van der Waals surface area contributed by atoms with Crippen LogP contribution < -0.4 is 4.74 Å². The van der Waals surface area contributed by atoms with Gasteiger partial charge in [0.05, 0.1) is 18.4 Å². The van der Waals surface area contributed by atoms with Crippen LogP contribution in [0.4, 0.5) is 4.39 Å². The molecule has 1 aliphatic carbocycles. The van der Waals surface area contributed by atoms with Crippen LogP contribution in [0.25, 0.3) is 0 Å². The van der Waals surface area contributed by atoms with Gasteiger partial charge in [-0.3, -0.25) is 9.78 Å². The number of alkyl halides is 1. The van der Waals surface area contributed by atoms with Crippen molar-refractivity contribution in [3.63, 3.8) is 0 Å². The smallest absolute Gasteiger partial charge is 0.260 e. The maximum atomic E-state index is 14.5. The lowest BCUT2D eigenvalue weighted by atomic mass is 9.79. The van der Waals surface area contributed by atoms with E-state index in [-0.39, 0.29) is 17.6 Å². The number of amides is 1. The maximum Gasteiger partial charge on any atom is 0.260 e. The third kappa shape index (κ3) is 2.88. The number of halogens is 1. The Morgan fingerprint density at radius 1 is 1.38 bits per heavy atom. The van der Waals surface area contributed by atoms with E-state index in [0.29, 0.717) is 32.5 Å². The van der Waals surface area contributed by atoms with Gasteiger partial charge in [-0.25, -0.2) is 4.39 Å². The zero-order valence-electron chi connectivity index (χ0n) is 13.7. The molecule has 3 heterocycles. The van der Waals surface area contributed by atoms with Crippen molar-refractivity contribution in [1.29, 1.82) is 0 Å². The van der Waals surface area contributed by atoms with E-state index < -0.39 is 5.67 Å². The lowest BCUT2D eigenvalue weighted by Gasteiger charge is -2.44. The minimum Gasteiger partial charge on any atom is -0.486 e. The summed E-state index contributed by atoms with van der Waals surface area (Å²) < 4.78 is 26.4. The second kappa shape index (κ2) is 5.99. The minimum atomic E-state index is -1.62. The average Bonchev–Trinajstić information content (AvgIpc) is 2.95. The summed E-state index contributed by atoms with van der Waals surface area (Å²) >= 11 is 0. The molecular formula is C18H23FN2O3. The van der Waals surface area contributed by atoms with Crippen molar-refractivity contribution in [3.8, 4) is 5.75 Å². The Hall–Kier alpha value is -1.69. The van der Waals surface area contributed by atoms with Gasteiger partial charge < -0.3 is 14.4 Å². The highest BCUT2D eigenvalue weighted by Gasteiger charge is 2.51. The molecule has 0 aromatic carbocycles. The molecule has 24 heavy (non-hydrogen) atoms. The van der Waals surface area contributed by atoms with E-state index in [1.807, 2.05) is 12.1 Å². The van der Waals surface area contributed by atoms with E-state index in [4.69, 9.17) is 9.47 Å². The number of pyridine rings is 1. The molecule has 1 amide bonds. The summed E-state index contributed by atoms with van der Waals surface area (Å²) in [4.78, 5) is 18.2. The van der Waals surface area contributed by atoms with Gasteiger partial charge in [0.1, 0.15) is 11.9 Å². The van der Waals surface area contributed by atoms with E-state index in [1.165, 1.54) is 0 Å². The first-order chi connectivity index (χ1) is 11.6. The second-order valence-corrected chi connectivity index (χ2v) is 7.28. The Morgan fingerprint density at radius 3 is 2.96 bits per heavy atom. The van der Waals surface area contributed by atoms with E-state index in [2.05, 4.69) is 4.98 Å². The molecule has 0 radical (unpaired) electrons. The lowest BCUT2D eigenvalue weighted by Crippen LogP contribution is -2.57. The van der Waals surface area contributed by atoms with Crippen LogP contribution in [-0.4, -0.2) is 52.9 Å². The van der Waals surface area contributed by atoms with Crippen LogP contribution in [0.15, 0.2) is 24.5 Å². The van der Waals surface area contributed by atoms with Crippen molar-refractivity contribution in [1.82, 2.24) is 9.88 Å². The number of hydrogen-bond acceptors (Lipinski definition) is 4. The zero-order valence-corrected chi connectivity index (χ0v) is 13.7. The molecule has 0 N–H and O–H groups in total. The average molecular weight is 334 g/mol. The van der Waals surface area contributed by atoms with Gasteiger partial charge in [-0.15, -0.1) is 0 Å². The van der Waals surface area contributed by atoms with E-state index in [9.17, 15) is 9.18 Å². The molecule has 4 rings (SSSR count). The standard InChI is InChI=1S/C18H23FN2O3/c19-18(6-2-7-18)16(22)21-9-3-5-17(13-21)10-15(12-23-17)24-14-4-1-8-20-11-14/h1,4,8,11,15H,2-3,5-7,9-10,12-13H2. The maximum absolute atomic E-state index is 14.5. The molecule has 130 valence electrons. The molecule has 1 aromatic rings. The van der Waals surface area contributed by atoms with Crippen LogP contribution in [0.3, 0.4) is 0 Å². The summed E-state index contributed by atoms with van der Waals surface area (Å²) in [5, 5.41) is 0. The Kier molecular flexibility index (Phi) is 3.95. The summed E-state index contributed by atoms with van der Waals surface area (Å²) in [5.74, 6) is 0.386. The van der Waals surface area contributed by atoms with Crippen LogP contribution in [0, 0.1) is 0 Å². The Balaban J connectivity index is 1.39. The van der Waals surface area contributed by atoms with Gasteiger partial charge in [0.25, 0.3) is 5.91 Å². The number of ether oxygens (including phenoxy) is 2. The number of rotatable bonds is 3. The second-order valence-electron chi connectivity index (χ2n) is 7.28. The van der Waals surface area contributed by atoms with Crippen LogP contribution in [0.5, 0.6) is 5.75 Å². The molecule has 2 saturated heterocycles. The number of piperidine rings is 1. The molecule has 3 aliphatic rings. The SMILES string of the molecule is O=C(N1CCCC2(CC(Oc3cccnc3)CO2)C1)C1(F)CCC1. The molecule has 2 atom stereocenters. The summed E-state index contributed by atoms with van der Waals surface area (Å²) in [7, 11) is 0. The predicted molar refractivity (Wildman–Crippen MR) is 85.5 cm³/mol. The third-order valence-electron chi connectivity index (χ3n) is 5.47. The van der Waals surface area contributed by atoms with E-state index >= 15 is 0 Å². The molecule has 1 saturated carbocycles. The highest BCUT2D eigenvalue weighted by atomic mass is 19.1. The van der Waals surface area contributed by atoms with Crippen molar-refractivity contribution in [2.75, 3.05) is 19.7 Å². The Bertz CT molecular complexity index is 608. The lowest BCUT2D eigenvalue weighted by molar-refractivity contribution is -0.157. The summed E-state index contributed by atoms with van der Waals surface area (Å²) in [6, 6.07) is 3.71. The van der Waals surface area contributed by atoms with Crippen LogP contribution in [0.1, 0.15) is 38.5 Å². The summed E-state index contributed by atoms with van der Waals surface area (Å²) in [5.41, 5.74) is -2.01. The molecule has 1 aromatic heterocycles. The topological polar surface area (TPSA) is 51.7 Å². The normalized spacial score (nSPS) is 31.7. The van der Waals surface area contributed by atoms with Gasteiger partial charge in [-0.1, -0.05) is 0 Å². The van der Waals surface area contributed by atoms with Gasteiger partial charge in [-0.2, -0.15) is 0 Å². The fourth-order valence-corrected chi connectivity index (χ4v) is 4.03. The van der Waals surface area contributed by atoms with Gasteiger partial charge >= 0.3 is 0 Å². The third-order valence-corrected chi connectivity index (χ3v) is 5.47. The number of hydrogen-bond donors (Lipinski definition) is 0. The highest BCUT2D eigenvalue weighted by molar-refractivity contribution is 5.86. The molecule has 0 bridgehead atoms.